The van der Waals surface area contributed by atoms with E-state index in [1.807, 2.05) is 0 Å². The van der Waals surface area contributed by atoms with E-state index in [0.29, 0.717) is 5.92 Å². The third-order valence-corrected chi connectivity index (χ3v) is 5.57. The van der Waals surface area contributed by atoms with Crippen LogP contribution in [0.2, 0.25) is 0 Å². The lowest BCUT2D eigenvalue weighted by Gasteiger charge is -2.28. The zero-order chi connectivity index (χ0) is 18.1. The summed E-state index contributed by atoms with van der Waals surface area (Å²) in [6, 6.07) is 5.44. The normalized spacial score (nSPS) is 20.7. The molecule has 0 radical (unpaired) electrons. The van der Waals surface area contributed by atoms with Crippen LogP contribution in [0.15, 0.2) is 24.3 Å². The van der Waals surface area contributed by atoms with Crippen molar-refractivity contribution in [2.45, 2.75) is 51.9 Å². The molecule has 0 N–H and O–H groups in total. The Balaban J connectivity index is 1.91. The number of rotatable bonds is 3. The van der Waals surface area contributed by atoms with E-state index in [0.717, 1.165) is 50.2 Å². The predicted molar refractivity (Wildman–Crippen MR) is 91.4 cm³/mol. The van der Waals surface area contributed by atoms with Crippen molar-refractivity contribution in [3.05, 3.63) is 58.7 Å². The minimum Gasteiger partial charge on any atom is -0.207 e. The van der Waals surface area contributed by atoms with Crippen LogP contribution in [0.4, 0.5) is 17.6 Å². The summed E-state index contributed by atoms with van der Waals surface area (Å²) in [5, 5.41) is 0. The van der Waals surface area contributed by atoms with Crippen molar-refractivity contribution in [2.24, 2.45) is 5.92 Å². The largest absolute Gasteiger partial charge is 0.207 e. The second kappa shape index (κ2) is 7.19. The molecule has 2 aromatic carbocycles. The molecule has 2 aromatic rings. The molecule has 3 rings (SSSR count). The maximum absolute atomic E-state index is 14.6. The Bertz CT molecular complexity index is 774. The molecule has 1 fully saturated rings. The molecule has 134 valence electrons. The van der Waals surface area contributed by atoms with Crippen LogP contribution in [0.1, 0.15) is 56.1 Å². The molecule has 0 aliphatic heterocycles. The molecule has 0 amide bonds. The van der Waals surface area contributed by atoms with Gasteiger partial charge in [-0.3, -0.25) is 0 Å². The van der Waals surface area contributed by atoms with Gasteiger partial charge in [0.1, 0.15) is 11.6 Å². The van der Waals surface area contributed by atoms with Gasteiger partial charge in [-0.2, -0.15) is 0 Å². The minimum absolute atomic E-state index is 0.110. The molecular weight excluding hydrogens is 328 g/mol. The third kappa shape index (κ3) is 3.44. The van der Waals surface area contributed by atoms with Gasteiger partial charge in [0.15, 0.2) is 11.6 Å². The van der Waals surface area contributed by atoms with Gasteiger partial charge in [0.05, 0.1) is 0 Å². The SMILES string of the molecule is CCC1CCC(c2ccc(-c3cc(F)c(C)c(F)c3F)c(F)c2)CC1. The molecule has 1 saturated carbocycles. The Kier molecular flexibility index (Phi) is 5.16. The number of benzene rings is 2. The Hall–Kier alpha value is -1.84. The first-order chi connectivity index (χ1) is 11.9. The van der Waals surface area contributed by atoms with Crippen molar-refractivity contribution in [3.8, 4) is 11.1 Å². The van der Waals surface area contributed by atoms with Gasteiger partial charge in [-0.05, 0) is 62.1 Å². The average Bonchev–Trinajstić information content (AvgIpc) is 2.63. The monoisotopic (exact) mass is 350 g/mol. The molecule has 0 saturated heterocycles. The molecule has 0 heterocycles. The first kappa shape index (κ1) is 18.0. The first-order valence-electron chi connectivity index (χ1n) is 8.86. The van der Waals surface area contributed by atoms with E-state index in [1.54, 1.807) is 6.07 Å². The van der Waals surface area contributed by atoms with E-state index >= 15 is 0 Å². The Morgan fingerprint density at radius 2 is 1.52 bits per heavy atom. The van der Waals surface area contributed by atoms with Gasteiger partial charge in [0, 0.05) is 16.7 Å². The van der Waals surface area contributed by atoms with Gasteiger partial charge in [-0.25, -0.2) is 17.6 Å². The Morgan fingerprint density at radius 1 is 0.840 bits per heavy atom. The second-order valence-corrected chi connectivity index (χ2v) is 7.02. The van der Waals surface area contributed by atoms with Crippen molar-refractivity contribution in [1.29, 1.82) is 0 Å². The van der Waals surface area contributed by atoms with E-state index in [-0.39, 0.29) is 11.1 Å². The highest BCUT2D eigenvalue weighted by molar-refractivity contribution is 5.66. The maximum Gasteiger partial charge on any atom is 0.167 e. The fraction of sp³-hybridized carbons (Fsp3) is 0.429. The topological polar surface area (TPSA) is 0 Å². The standard InChI is InChI=1S/C21H22F4/c1-3-13-4-6-14(7-5-13)15-8-9-16(19(23)10-15)17-11-18(22)12(2)20(24)21(17)25/h8-11,13-14H,3-7H2,1-2H3. The third-order valence-electron chi connectivity index (χ3n) is 5.57. The van der Waals surface area contributed by atoms with Gasteiger partial charge in [0.25, 0.3) is 0 Å². The molecule has 25 heavy (non-hydrogen) atoms. The highest BCUT2D eigenvalue weighted by Gasteiger charge is 2.23. The summed E-state index contributed by atoms with van der Waals surface area (Å²) < 4.78 is 56.2. The molecule has 1 aliphatic carbocycles. The van der Waals surface area contributed by atoms with Crippen molar-refractivity contribution in [3.63, 3.8) is 0 Å². The molecule has 0 nitrogen and oxygen atoms in total. The van der Waals surface area contributed by atoms with Gasteiger partial charge >= 0.3 is 0 Å². The van der Waals surface area contributed by atoms with Gasteiger partial charge < -0.3 is 0 Å². The minimum atomic E-state index is -1.27. The van der Waals surface area contributed by atoms with Crippen molar-refractivity contribution >= 4 is 0 Å². The van der Waals surface area contributed by atoms with Crippen LogP contribution in [0.3, 0.4) is 0 Å². The van der Waals surface area contributed by atoms with Crippen LogP contribution in [0.5, 0.6) is 0 Å². The summed E-state index contributed by atoms with van der Waals surface area (Å²) in [6.07, 6.45) is 5.46. The van der Waals surface area contributed by atoms with Gasteiger partial charge in [-0.1, -0.05) is 25.5 Å². The fourth-order valence-corrected chi connectivity index (χ4v) is 3.79. The van der Waals surface area contributed by atoms with Gasteiger partial charge in [-0.15, -0.1) is 0 Å². The number of hydrogen-bond acceptors (Lipinski definition) is 0. The predicted octanol–water partition coefficient (Wildman–Crippen LogP) is 6.90. The van der Waals surface area contributed by atoms with Crippen LogP contribution >= 0.6 is 0 Å². The van der Waals surface area contributed by atoms with E-state index in [1.165, 1.54) is 18.6 Å². The molecule has 0 bridgehead atoms. The number of halogens is 4. The number of hydrogen-bond donors (Lipinski definition) is 0. The average molecular weight is 350 g/mol. The summed E-state index contributed by atoms with van der Waals surface area (Å²) in [5.41, 5.74) is -0.00383. The Morgan fingerprint density at radius 3 is 2.12 bits per heavy atom. The molecule has 1 aliphatic rings. The smallest absolute Gasteiger partial charge is 0.167 e. The molecule has 0 atom stereocenters. The first-order valence-corrected chi connectivity index (χ1v) is 8.86. The summed E-state index contributed by atoms with van der Waals surface area (Å²) in [6.45, 7) is 3.34. The van der Waals surface area contributed by atoms with Gasteiger partial charge in [0.2, 0.25) is 0 Å². The molecule has 4 heteroatoms. The van der Waals surface area contributed by atoms with Crippen LogP contribution in [-0.4, -0.2) is 0 Å². The summed E-state index contributed by atoms with van der Waals surface area (Å²) >= 11 is 0. The summed E-state index contributed by atoms with van der Waals surface area (Å²) in [4.78, 5) is 0. The van der Waals surface area contributed by atoms with E-state index in [2.05, 4.69) is 6.92 Å². The highest BCUT2D eigenvalue weighted by Crippen LogP contribution is 2.38. The van der Waals surface area contributed by atoms with Crippen LogP contribution in [0, 0.1) is 36.1 Å². The quantitative estimate of drug-likeness (QED) is 0.417. The maximum atomic E-state index is 14.6. The lowest BCUT2D eigenvalue weighted by molar-refractivity contribution is 0.318. The molecule has 0 spiro atoms. The molecular formula is C21H22F4. The van der Waals surface area contributed by atoms with Crippen LogP contribution in [0.25, 0.3) is 11.1 Å². The summed E-state index contributed by atoms with van der Waals surface area (Å²) in [7, 11) is 0. The zero-order valence-corrected chi connectivity index (χ0v) is 14.5. The second-order valence-electron chi connectivity index (χ2n) is 7.02. The van der Waals surface area contributed by atoms with E-state index in [4.69, 9.17) is 0 Å². The van der Waals surface area contributed by atoms with Crippen LogP contribution < -0.4 is 0 Å². The zero-order valence-electron chi connectivity index (χ0n) is 14.5. The van der Waals surface area contributed by atoms with E-state index < -0.39 is 28.8 Å². The van der Waals surface area contributed by atoms with Crippen molar-refractivity contribution < 1.29 is 17.6 Å². The summed E-state index contributed by atoms with van der Waals surface area (Å²) in [5.74, 6) is -2.96. The lowest BCUT2D eigenvalue weighted by atomic mass is 9.77. The molecule has 0 unspecified atom stereocenters. The van der Waals surface area contributed by atoms with Crippen molar-refractivity contribution in [1.82, 2.24) is 0 Å². The van der Waals surface area contributed by atoms with Crippen LogP contribution in [-0.2, 0) is 0 Å². The van der Waals surface area contributed by atoms with E-state index in [9.17, 15) is 17.6 Å². The Labute approximate surface area is 145 Å². The van der Waals surface area contributed by atoms with Crippen molar-refractivity contribution in [2.75, 3.05) is 0 Å². The highest BCUT2D eigenvalue weighted by atomic mass is 19.2. The lowest BCUT2D eigenvalue weighted by Crippen LogP contribution is -2.12. The fourth-order valence-electron chi connectivity index (χ4n) is 3.79. The molecule has 0 aromatic heterocycles.